The molecule has 1 fully saturated rings. The number of benzene rings is 1. The van der Waals surface area contributed by atoms with Gasteiger partial charge in [-0.1, -0.05) is 37.3 Å². The van der Waals surface area contributed by atoms with Crippen LogP contribution in [0.15, 0.2) is 30.3 Å². The van der Waals surface area contributed by atoms with Gasteiger partial charge in [0.05, 0.1) is 6.04 Å². The predicted octanol–water partition coefficient (Wildman–Crippen LogP) is 3.03. The van der Waals surface area contributed by atoms with E-state index in [1.165, 1.54) is 18.4 Å². The average molecular weight is 274 g/mol. The zero-order chi connectivity index (χ0) is 14.2. The Kier molecular flexibility index (Phi) is 6.06. The molecule has 0 bridgehead atoms. The van der Waals surface area contributed by atoms with Crippen molar-refractivity contribution >= 4 is 5.91 Å². The van der Waals surface area contributed by atoms with Crippen LogP contribution in [-0.4, -0.2) is 19.0 Å². The van der Waals surface area contributed by atoms with Gasteiger partial charge in [0.2, 0.25) is 5.91 Å². The number of hydrogen-bond donors (Lipinski definition) is 2. The summed E-state index contributed by atoms with van der Waals surface area (Å²) in [5.74, 6) is 0.859. The molecule has 0 saturated carbocycles. The molecule has 1 saturated heterocycles. The zero-order valence-corrected chi connectivity index (χ0v) is 12.4. The quantitative estimate of drug-likeness (QED) is 0.837. The summed E-state index contributed by atoms with van der Waals surface area (Å²) in [6.45, 7) is 4.32. The topological polar surface area (TPSA) is 41.1 Å². The molecular weight excluding hydrogens is 248 g/mol. The monoisotopic (exact) mass is 274 g/mol. The van der Waals surface area contributed by atoms with E-state index in [0.717, 1.165) is 25.9 Å². The first-order chi connectivity index (χ1) is 9.79. The SMILES string of the molecule is CCC(NC(=O)CCC1CCCNC1)c1ccccc1. The van der Waals surface area contributed by atoms with Crippen molar-refractivity contribution in [1.29, 1.82) is 0 Å². The van der Waals surface area contributed by atoms with Crippen LogP contribution in [0, 0.1) is 5.92 Å². The maximum Gasteiger partial charge on any atom is 0.220 e. The lowest BCUT2D eigenvalue weighted by Gasteiger charge is -2.23. The van der Waals surface area contributed by atoms with Gasteiger partial charge in [0.15, 0.2) is 0 Å². The third-order valence-corrected chi connectivity index (χ3v) is 4.12. The normalized spacial score (nSPS) is 20.4. The van der Waals surface area contributed by atoms with Gasteiger partial charge in [-0.15, -0.1) is 0 Å². The van der Waals surface area contributed by atoms with Gasteiger partial charge in [-0.25, -0.2) is 0 Å². The summed E-state index contributed by atoms with van der Waals surface area (Å²) in [6, 6.07) is 10.4. The van der Waals surface area contributed by atoms with Gasteiger partial charge < -0.3 is 10.6 Å². The van der Waals surface area contributed by atoms with Gasteiger partial charge >= 0.3 is 0 Å². The van der Waals surface area contributed by atoms with E-state index in [0.29, 0.717) is 12.3 Å². The molecule has 0 aliphatic carbocycles. The molecule has 1 heterocycles. The fourth-order valence-electron chi connectivity index (χ4n) is 2.88. The lowest BCUT2D eigenvalue weighted by atomic mass is 9.94. The standard InChI is InChI=1S/C17H26N2O/c1-2-16(15-8-4-3-5-9-15)19-17(20)11-10-14-7-6-12-18-13-14/h3-5,8-9,14,16,18H,2,6-7,10-13H2,1H3,(H,19,20). The Labute approximate surface area is 122 Å². The maximum atomic E-state index is 12.1. The molecule has 1 aromatic carbocycles. The first kappa shape index (κ1) is 15.0. The molecular formula is C17H26N2O. The van der Waals surface area contributed by atoms with Gasteiger partial charge in [0.1, 0.15) is 0 Å². The van der Waals surface area contributed by atoms with Gasteiger partial charge in [0, 0.05) is 6.42 Å². The van der Waals surface area contributed by atoms with Crippen LogP contribution < -0.4 is 10.6 Å². The highest BCUT2D eigenvalue weighted by Gasteiger charge is 2.16. The molecule has 0 radical (unpaired) electrons. The summed E-state index contributed by atoms with van der Waals surface area (Å²) in [4.78, 5) is 12.1. The van der Waals surface area contributed by atoms with Gasteiger partial charge in [0.25, 0.3) is 0 Å². The van der Waals surface area contributed by atoms with Crippen LogP contribution in [0.5, 0.6) is 0 Å². The van der Waals surface area contributed by atoms with Crippen LogP contribution in [0.4, 0.5) is 0 Å². The van der Waals surface area contributed by atoms with Crippen molar-refractivity contribution in [3.05, 3.63) is 35.9 Å². The minimum Gasteiger partial charge on any atom is -0.349 e. The highest BCUT2D eigenvalue weighted by Crippen LogP contribution is 2.18. The number of carbonyl (C=O) groups excluding carboxylic acids is 1. The van der Waals surface area contributed by atoms with E-state index in [-0.39, 0.29) is 11.9 Å². The number of hydrogen-bond acceptors (Lipinski definition) is 2. The van der Waals surface area contributed by atoms with E-state index in [1.807, 2.05) is 18.2 Å². The second kappa shape index (κ2) is 8.05. The largest absolute Gasteiger partial charge is 0.349 e. The first-order valence-electron chi connectivity index (χ1n) is 7.84. The van der Waals surface area contributed by atoms with Gasteiger partial charge in [-0.05, 0) is 50.3 Å². The van der Waals surface area contributed by atoms with Crippen molar-refractivity contribution in [2.24, 2.45) is 5.92 Å². The van der Waals surface area contributed by atoms with Crippen molar-refractivity contribution in [3.8, 4) is 0 Å². The number of nitrogens with one attached hydrogen (secondary N) is 2. The van der Waals surface area contributed by atoms with Crippen molar-refractivity contribution in [3.63, 3.8) is 0 Å². The molecule has 1 aliphatic rings. The van der Waals surface area contributed by atoms with Crippen molar-refractivity contribution in [2.45, 2.75) is 45.1 Å². The third-order valence-electron chi connectivity index (χ3n) is 4.12. The van der Waals surface area contributed by atoms with Gasteiger partial charge in [-0.2, -0.15) is 0 Å². The Morgan fingerprint density at radius 2 is 2.20 bits per heavy atom. The molecule has 20 heavy (non-hydrogen) atoms. The molecule has 2 atom stereocenters. The Balaban J connectivity index is 1.77. The molecule has 0 spiro atoms. The number of amides is 1. The zero-order valence-electron chi connectivity index (χ0n) is 12.4. The van der Waals surface area contributed by atoms with Gasteiger partial charge in [-0.3, -0.25) is 4.79 Å². The summed E-state index contributed by atoms with van der Waals surface area (Å²) in [5, 5.41) is 6.57. The van der Waals surface area contributed by atoms with Crippen LogP contribution in [0.25, 0.3) is 0 Å². The van der Waals surface area contributed by atoms with Crippen LogP contribution >= 0.6 is 0 Å². The lowest BCUT2D eigenvalue weighted by Crippen LogP contribution is -2.32. The minimum absolute atomic E-state index is 0.146. The fourth-order valence-corrected chi connectivity index (χ4v) is 2.88. The molecule has 1 amide bonds. The van der Waals surface area contributed by atoms with E-state index < -0.39 is 0 Å². The molecule has 1 aliphatic heterocycles. The smallest absolute Gasteiger partial charge is 0.220 e. The second-order valence-electron chi connectivity index (χ2n) is 5.69. The van der Waals surface area contributed by atoms with E-state index in [1.54, 1.807) is 0 Å². The molecule has 2 rings (SSSR count). The molecule has 2 N–H and O–H groups in total. The van der Waals surface area contributed by atoms with E-state index >= 15 is 0 Å². The highest BCUT2D eigenvalue weighted by molar-refractivity contribution is 5.76. The summed E-state index contributed by atoms with van der Waals surface area (Å²) in [5.41, 5.74) is 1.20. The molecule has 1 aromatic rings. The molecule has 3 heteroatoms. The molecule has 3 nitrogen and oxygen atoms in total. The number of piperidine rings is 1. The van der Waals surface area contributed by atoms with Crippen LogP contribution in [0.3, 0.4) is 0 Å². The predicted molar refractivity (Wildman–Crippen MR) is 82.4 cm³/mol. The Hall–Kier alpha value is -1.35. The van der Waals surface area contributed by atoms with Crippen LogP contribution in [0.1, 0.15) is 50.6 Å². The maximum absolute atomic E-state index is 12.1. The second-order valence-corrected chi connectivity index (χ2v) is 5.69. The molecule has 2 unspecified atom stereocenters. The van der Waals surface area contributed by atoms with Crippen LogP contribution in [0.2, 0.25) is 0 Å². The Morgan fingerprint density at radius 3 is 2.85 bits per heavy atom. The van der Waals surface area contributed by atoms with E-state index in [9.17, 15) is 4.79 Å². The van der Waals surface area contributed by atoms with Crippen molar-refractivity contribution in [2.75, 3.05) is 13.1 Å². The average Bonchev–Trinajstić information content (AvgIpc) is 2.52. The summed E-state index contributed by atoms with van der Waals surface area (Å²) in [6.07, 6.45) is 5.09. The lowest BCUT2D eigenvalue weighted by molar-refractivity contribution is -0.122. The summed E-state index contributed by atoms with van der Waals surface area (Å²) in [7, 11) is 0. The van der Waals surface area contributed by atoms with Crippen molar-refractivity contribution < 1.29 is 4.79 Å². The summed E-state index contributed by atoms with van der Waals surface area (Å²) >= 11 is 0. The Bertz CT molecular complexity index is 399. The van der Waals surface area contributed by atoms with E-state index in [2.05, 4.69) is 29.7 Å². The van der Waals surface area contributed by atoms with Crippen LogP contribution in [-0.2, 0) is 4.79 Å². The Morgan fingerprint density at radius 1 is 1.40 bits per heavy atom. The fraction of sp³-hybridized carbons (Fsp3) is 0.588. The molecule has 0 aromatic heterocycles. The number of rotatable bonds is 6. The minimum atomic E-state index is 0.146. The number of carbonyl (C=O) groups is 1. The van der Waals surface area contributed by atoms with Crippen molar-refractivity contribution in [1.82, 2.24) is 10.6 Å². The molecule has 110 valence electrons. The summed E-state index contributed by atoms with van der Waals surface area (Å²) < 4.78 is 0. The first-order valence-corrected chi connectivity index (χ1v) is 7.84. The third kappa shape index (κ3) is 4.64. The van der Waals surface area contributed by atoms with E-state index in [4.69, 9.17) is 0 Å². The highest BCUT2D eigenvalue weighted by atomic mass is 16.1.